The summed E-state index contributed by atoms with van der Waals surface area (Å²) >= 11 is 0. The molecule has 4 nitrogen and oxygen atoms in total. The number of Topliss-reactive ketones (excluding diaryl/α,β-unsaturated/α-hetero) is 3. The summed E-state index contributed by atoms with van der Waals surface area (Å²) in [6.07, 6.45) is 3.28. The van der Waals surface area contributed by atoms with Crippen LogP contribution in [0.25, 0.3) is 0 Å². The van der Waals surface area contributed by atoms with Gasteiger partial charge < -0.3 is 0 Å². The Bertz CT molecular complexity index is 432. The summed E-state index contributed by atoms with van der Waals surface area (Å²) in [6, 6.07) is 2.67. The molecule has 1 heterocycles. The van der Waals surface area contributed by atoms with E-state index in [-0.39, 0.29) is 0 Å². The SMILES string of the molecule is Cc1ccc[n+](C2C(=O)C(=O)C2=O)c1. The lowest BCUT2D eigenvalue weighted by atomic mass is 9.87. The molecule has 0 amide bonds. The number of ketones is 3. The third-order valence-corrected chi connectivity index (χ3v) is 2.21. The molecule has 1 saturated carbocycles. The molecule has 0 radical (unpaired) electrons. The molecule has 14 heavy (non-hydrogen) atoms. The second-order valence-corrected chi connectivity index (χ2v) is 3.29. The number of hydrogen-bond acceptors (Lipinski definition) is 3. The molecular formula is C10H8NO3+. The zero-order chi connectivity index (χ0) is 10.3. The van der Waals surface area contributed by atoms with Gasteiger partial charge in [0.25, 0.3) is 23.4 Å². The highest BCUT2D eigenvalue weighted by Crippen LogP contribution is 2.14. The number of aromatic nitrogens is 1. The fraction of sp³-hybridized carbons (Fsp3) is 0.200. The Hall–Kier alpha value is -1.84. The number of nitrogens with zero attached hydrogens (tertiary/aromatic N) is 1. The van der Waals surface area contributed by atoms with Crippen LogP contribution in [0.4, 0.5) is 0 Å². The van der Waals surface area contributed by atoms with Crippen LogP contribution in [0, 0.1) is 6.92 Å². The van der Waals surface area contributed by atoms with E-state index >= 15 is 0 Å². The Morgan fingerprint density at radius 1 is 1.21 bits per heavy atom. The number of pyridine rings is 1. The zero-order valence-corrected chi connectivity index (χ0v) is 7.56. The van der Waals surface area contributed by atoms with Gasteiger partial charge in [0.05, 0.1) is 0 Å². The Labute approximate surface area is 80.2 Å². The van der Waals surface area contributed by atoms with Gasteiger partial charge in [-0.15, -0.1) is 0 Å². The highest BCUT2D eigenvalue weighted by molar-refractivity contribution is 6.77. The van der Waals surface area contributed by atoms with E-state index in [9.17, 15) is 14.4 Å². The van der Waals surface area contributed by atoms with E-state index in [0.29, 0.717) is 0 Å². The van der Waals surface area contributed by atoms with E-state index < -0.39 is 23.4 Å². The maximum Gasteiger partial charge on any atom is 0.290 e. The van der Waals surface area contributed by atoms with E-state index in [0.717, 1.165) is 5.56 Å². The van der Waals surface area contributed by atoms with Crippen molar-refractivity contribution in [1.29, 1.82) is 0 Å². The summed E-state index contributed by atoms with van der Waals surface area (Å²) in [5.74, 6) is -2.12. The van der Waals surface area contributed by atoms with Crippen molar-refractivity contribution in [3.05, 3.63) is 30.1 Å². The quantitative estimate of drug-likeness (QED) is 0.342. The van der Waals surface area contributed by atoms with Crippen molar-refractivity contribution < 1.29 is 19.0 Å². The van der Waals surface area contributed by atoms with E-state index in [1.807, 2.05) is 13.0 Å². The molecule has 0 spiro atoms. The first kappa shape index (κ1) is 8.74. The van der Waals surface area contributed by atoms with Crippen LogP contribution in [-0.2, 0) is 14.4 Å². The fourth-order valence-electron chi connectivity index (χ4n) is 1.46. The average Bonchev–Trinajstić information content (AvgIpc) is 2.18. The fourth-order valence-corrected chi connectivity index (χ4v) is 1.46. The Kier molecular flexibility index (Phi) is 1.77. The van der Waals surface area contributed by atoms with Gasteiger partial charge in [-0.2, -0.15) is 4.57 Å². The van der Waals surface area contributed by atoms with Gasteiger partial charge in [0.2, 0.25) is 0 Å². The van der Waals surface area contributed by atoms with Crippen molar-refractivity contribution in [3.8, 4) is 0 Å². The molecule has 0 N–H and O–H groups in total. The van der Waals surface area contributed by atoms with Gasteiger partial charge in [-0.05, 0) is 13.0 Å². The maximum atomic E-state index is 11.1. The second kappa shape index (κ2) is 2.83. The molecule has 0 unspecified atom stereocenters. The van der Waals surface area contributed by atoms with Gasteiger partial charge in [0.1, 0.15) is 0 Å². The molecule has 0 atom stereocenters. The van der Waals surface area contributed by atoms with Crippen LogP contribution in [-0.4, -0.2) is 17.3 Å². The third-order valence-electron chi connectivity index (χ3n) is 2.21. The van der Waals surface area contributed by atoms with Gasteiger partial charge in [0, 0.05) is 11.6 Å². The summed E-state index contributed by atoms with van der Waals surface area (Å²) in [5.41, 5.74) is 0.937. The zero-order valence-electron chi connectivity index (χ0n) is 7.56. The molecule has 1 fully saturated rings. The van der Waals surface area contributed by atoms with Gasteiger partial charge in [-0.25, -0.2) is 0 Å². The molecule has 0 aliphatic heterocycles. The number of hydrogen-bond donors (Lipinski definition) is 0. The Morgan fingerprint density at radius 2 is 1.86 bits per heavy atom. The van der Waals surface area contributed by atoms with Crippen LogP contribution in [0.2, 0.25) is 0 Å². The molecule has 4 heteroatoms. The van der Waals surface area contributed by atoms with Crippen LogP contribution in [0.5, 0.6) is 0 Å². The van der Waals surface area contributed by atoms with Crippen LogP contribution in [0.15, 0.2) is 24.5 Å². The van der Waals surface area contributed by atoms with Crippen molar-refractivity contribution in [3.63, 3.8) is 0 Å². The predicted molar refractivity (Wildman–Crippen MR) is 45.4 cm³/mol. The molecule has 2 rings (SSSR count). The first-order chi connectivity index (χ1) is 6.61. The molecule has 1 aromatic heterocycles. The van der Waals surface area contributed by atoms with Crippen LogP contribution >= 0.6 is 0 Å². The molecule has 0 saturated heterocycles. The minimum atomic E-state index is -0.914. The van der Waals surface area contributed by atoms with Crippen molar-refractivity contribution in [1.82, 2.24) is 0 Å². The first-order valence-electron chi connectivity index (χ1n) is 4.21. The lowest BCUT2D eigenvalue weighted by molar-refractivity contribution is -0.696. The van der Waals surface area contributed by atoms with Gasteiger partial charge in [0.15, 0.2) is 12.4 Å². The molecular weight excluding hydrogens is 182 g/mol. The summed E-state index contributed by atoms with van der Waals surface area (Å²) in [4.78, 5) is 32.9. The standard InChI is InChI=1S/C10H8NO3/c1-6-3-2-4-11(5-6)7-8(12)10(14)9(7)13/h2-5,7H,1H3/q+1. The van der Waals surface area contributed by atoms with E-state index in [1.165, 1.54) is 4.57 Å². The number of carbonyl (C=O) groups is 3. The van der Waals surface area contributed by atoms with E-state index in [4.69, 9.17) is 0 Å². The van der Waals surface area contributed by atoms with Crippen molar-refractivity contribution >= 4 is 17.3 Å². The van der Waals surface area contributed by atoms with Crippen LogP contribution in [0.3, 0.4) is 0 Å². The van der Waals surface area contributed by atoms with E-state index in [1.54, 1.807) is 18.5 Å². The minimum absolute atomic E-state index is 0.620. The van der Waals surface area contributed by atoms with Gasteiger partial charge in [-0.1, -0.05) is 0 Å². The summed E-state index contributed by atoms with van der Waals surface area (Å²) in [7, 11) is 0. The lowest BCUT2D eigenvalue weighted by Gasteiger charge is -2.15. The molecule has 1 aliphatic rings. The van der Waals surface area contributed by atoms with Crippen molar-refractivity contribution in [2.45, 2.75) is 13.0 Å². The molecule has 0 aromatic carbocycles. The predicted octanol–water partition coefficient (Wildman–Crippen LogP) is -0.455. The summed E-state index contributed by atoms with van der Waals surface area (Å²) < 4.78 is 1.47. The normalized spacial score (nSPS) is 17.1. The molecule has 0 bridgehead atoms. The Morgan fingerprint density at radius 3 is 2.43 bits per heavy atom. The van der Waals surface area contributed by atoms with Gasteiger partial charge >= 0.3 is 0 Å². The van der Waals surface area contributed by atoms with Crippen LogP contribution < -0.4 is 4.57 Å². The Balaban J connectivity index is 2.38. The number of rotatable bonds is 1. The second-order valence-electron chi connectivity index (χ2n) is 3.29. The molecule has 1 aliphatic carbocycles. The van der Waals surface area contributed by atoms with E-state index in [2.05, 4.69) is 0 Å². The summed E-state index contributed by atoms with van der Waals surface area (Å²) in [5, 5.41) is 0. The highest BCUT2D eigenvalue weighted by Gasteiger charge is 2.55. The smallest absolute Gasteiger partial charge is 0.282 e. The highest BCUT2D eigenvalue weighted by atomic mass is 16.2. The monoisotopic (exact) mass is 190 g/mol. The average molecular weight is 190 g/mol. The first-order valence-corrected chi connectivity index (χ1v) is 4.21. The topological polar surface area (TPSA) is 55.1 Å². The molecule has 1 aromatic rings. The maximum absolute atomic E-state index is 11.1. The number of aryl methyl sites for hydroxylation is 1. The third kappa shape index (κ3) is 1.08. The lowest BCUT2D eigenvalue weighted by Crippen LogP contribution is -2.61. The largest absolute Gasteiger partial charge is 0.290 e. The molecule has 70 valence electrons. The number of carbonyl (C=O) groups excluding carboxylic acids is 3. The van der Waals surface area contributed by atoms with Gasteiger partial charge in [-0.3, -0.25) is 14.4 Å². The van der Waals surface area contributed by atoms with Crippen molar-refractivity contribution in [2.75, 3.05) is 0 Å². The minimum Gasteiger partial charge on any atom is -0.282 e. The summed E-state index contributed by atoms with van der Waals surface area (Å²) in [6.45, 7) is 1.85. The van der Waals surface area contributed by atoms with Crippen LogP contribution in [0.1, 0.15) is 11.6 Å². The van der Waals surface area contributed by atoms with Crippen molar-refractivity contribution in [2.24, 2.45) is 0 Å².